The lowest BCUT2D eigenvalue weighted by atomic mass is 10.2. The van der Waals surface area contributed by atoms with Crippen LogP contribution in [-0.4, -0.2) is 30.5 Å². The monoisotopic (exact) mass is 205 g/mol. The number of pyridine rings is 1. The molecule has 1 saturated heterocycles. The molecule has 0 bridgehead atoms. The average molecular weight is 205 g/mol. The predicted molar refractivity (Wildman–Crippen MR) is 58.7 cm³/mol. The third kappa shape index (κ3) is 2.15. The summed E-state index contributed by atoms with van der Waals surface area (Å²) in [5.74, 6) is 0.138. The van der Waals surface area contributed by atoms with Gasteiger partial charge in [0.2, 0.25) is 5.91 Å². The van der Waals surface area contributed by atoms with Gasteiger partial charge in [-0.2, -0.15) is 0 Å². The molecule has 1 aromatic heterocycles. The van der Waals surface area contributed by atoms with E-state index in [9.17, 15) is 4.79 Å². The summed E-state index contributed by atoms with van der Waals surface area (Å²) in [5.41, 5.74) is 0.892. The van der Waals surface area contributed by atoms with Crippen molar-refractivity contribution in [2.45, 2.75) is 18.9 Å². The molecule has 2 heterocycles. The maximum atomic E-state index is 12.0. The molecule has 0 spiro atoms. The molecule has 4 heteroatoms. The Labute approximate surface area is 89.3 Å². The molecule has 1 amide bonds. The quantitative estimate of drug-likeness (QED) is 0.776. The van der Waals surface area contributed by atoms with Crippen LogP contribution in [0.2, 0.25) is 0 Å². The number of hydrogen-bond acceptors (Lipinski definition) is 3. The number of rotatable bonds is 2. The van der Waals surface area contributed by atoms with Crippen molar-refractivity contribution in [3.05, 3.63) is 24.5 Å². The number of carbonyl (C=O) groups is 1. The van der Waals surface area contributed by atoms with Crippen molar-refractivity contribution in [3.8, 4) is 0 Å². The van der Waals surface area contributed by atoms with E-state index in [4.69, 9.17) is 0 Å². The standard InChI is InChI=1S/C11H15N3O/c1-14(9-4-7-12-8-5-9)11(15)10-3-2-6-13-10/h4-5,7-8,10,13H,2-3,6H2,1H3/t10-/m0/s1. The second-order valence-electron chi connectivity index (χ2n) is 3.75. The van der Waals surface area contributed by atoms with E-state index in [1.807, 2.05) is 12.1 Å². The molecule has 0 aliphatic carbocycles. The summed E-state index contributed by atoms with van der Waals surface area (Å²) in [7, 11) is 1.80. The molecule has 0 unspecified atom stereocenters. The molecule has 0 radical (unpaired) electrons. The van der Waals surface area contributed by atoms with Gasteiger partial charge in [0.15, 0.2) is 0 Å². The maximum Gasteiger partial charge on any atom is 0.243 e. The normalized spacial score (nSPS) is 20.2. The zero-order valence-electron chi connectivity index (χ0n) is 8.81. The van der Waals surface area contributed by atoms with Gasteiger partial charge in [-0.3, -0.25) is 9.78 Å². The first-order valence-electron chi connectivity index (χ1n) is 5.20. The zero-order chi connectivity index (χ0) is 10.7. The number of hydrogen-bond donors (Lipinski definition) is 1. The van der Waals surface area contributed by atoms with Crippen molar-refractivity contribution < 1.29 is 4.79 Å². The third-order valence-electron chi connectivity index (χ3n) is 2.74. The number of carbonyl (C=O) groups excluding carboxylic acids is 1. The second kappa shape index (κ2) is 4.40. The van der Waals surface area contributed by atoms with Crippen LogP contribution in [0.5, 0.6) is 0 Å². The van der Waals surface area contributed by atoms with E-state index in [0.29, 0.717) is 0 Å². The fourth-order valence-electron chi connectivity index (χ4n) is 1.82. The summed E-state index contributed by atoms with van der Waals surface area (Å²) in [6, 6.07) is 3.67. The van der Waals surface area contributed by atoms with Crippen LogP contribution in [0.4, 0.5) is 5.69 Å². The third-order valence-corrected chi connectivity index (χ3v) is 2.74. The van der Waals surface area contributed by atoms with Gasteiger partial charge in [0.05, 0.1) is 6.04 Å². The lowest BCUT2D eigenvalue weighted by Gasteiger charge is -2.20. The maximum absolute atomic E-state index is 12.0. The minimum atomic E-state index is -0.0110. The highest BCUT2D eigenvalue weighted by Crippen LogP contribution is 2.14. The molecule has 1 atom stereocenters. The van der Waals surface area contributed by atoms with Crippen molar-refractivity contribution in [2.75, 3.05) is 18.5 Å². The number of nitrogens with zero attached hydrogens (tertiary/aromatic N) is 2. The Morgan fingerprint density at radius 2 is 2.27 bits per heavy atom. The van der Waals surface area contributed by atoms with E-state index in [1.54, 1.807) is 24.3 Å². The van der Waals surface area contributed by atoms with E-state index in [2.05, 4.69) is 10.3 Å². The van der Waals surface area contributed by atoms with E-state index < -0.39 is 0 Å². The van der Waals surface area contributed by atoms with Crippen LogP contribution in [0.3, 0.4) is 0 Å². The van der Waals surface area contributed by atoms with Crippen LogP contribution >= 0.6 is 0 Å². The number of likely N-dealkylation sites (N-methyl/N-ethyl adjacent to an activating group) is 1. The number of nitrogens with one attached hydrogen (secondary N) is 1. The van der Waals surface area contributed by atoms with Gasteiger partial charge in [-0.25, -0.2) is 0 Å². The zero-order valence-corrected chi connectivity index (χ0v) is 8.81. The molecular weight excluding hydrogens is 190 g/mol. The van der Waals surface area contributed by atoms with Crippen LogP contribution in [0.1, 0.15) is 12.8 Å². The predicted octanol–water partition coefficient (Wildman–Crippen LogP) is 0.796. The Morgan fingerprint density at radius 1 is 1.53 bits per heavy atom. The smallest absolute Gasteiger partial charge is 0.243 e. The van der Waals surface area contributed by atoms with Crippen molar-refractivity contribution in [1.82, 2.24) is 10.3 Å². The SMILES string of the molecule is CN(C(=O)[C@@H]1CCCN1)c1ccncc1. The van der Waals surface area contributed by atoms with Crippen molar-refractivity contribution in [3.63, 3.8) is 0 Å². The minimum absolute atomic E-state index is 0.0110. The molecule has 1 N–H and O–H groups in total. The Kier molecular flexibility index (Phi) is 2.97. The Bertz CT molecular complexity index is 333. The van der Waals surface area contributed by atoms with E-state index in [0.717, 1.165) is 25.1 Å². The number of aromatic nitrogens is 1. The Balaban J connectivity index is 2.07. The summed E-state index contributed by atoms with van der Waals surface area (Å²) < 4.78 is 0. The molecule has 0 aromatic carbocycles. The number of anilines is 1. The molecular formula is C11H15N3O. The fraction of sp³-hybridized carbons (Fsp3) is 0.455. The fourth-order valence-corrected chi connectivity index (χ4v) is 1.82. The lowest BCUT2D eigenvalue weighted by molar-refractivity contribution is -0.119. The molecule has 2 rings (SSSR count). The van der Waals surface area contributed by atoms with E-state index in [1.165, 1.54) is 0 Å². The highest BCUT2D eigenvalue weighted by Gasteiger charge is 2.25. The molecule has 1 fully saturated rings. The van der Waals surface area contributed by atoms with Gasteiger partial charge < -0.3 is 10.2 Å². The molecule has 15 heavy (non-hydrogen) atoms. The van der Waals surface area contributed by atoms with Gasteiger partial charge >= 0.3 is 0 Å². The summed E-state index contributed by atoms with van der Waals surface area (Å²) in [5, 5.41) is 3.20. The van der Waals surface area contributed by atoms with Crippen LogP contribution in [0.25, 0.3) is 0 Å². The van der Waals surface area contributed by atoms with Crippen LogP contribution < -0.4 is 10.2 Å². The highest BCUT2D eigenvalue weighted by atomic mass is 16.2. The summed E-state index contributed by atoms with van der Waals surface area (Å²) >= 11 is 0. The highest BCUT2D eigenvalue weighted by molar-refractivity contribution is 5.96. The van der Waals surface area contributed by atoms with Gasteiger partial charge in [-0.1, -0.05) is 0 Å². The van der Waals surface area contributed by atoms with Gasteiger partial charge in [-0.15, -0.1) is 0 Å². The largest absolute Gasteiger partial charge is 0.314 e. The molecule has 80 valence electrons. The summed E-state index contributed by atoms with van der Waals surface area (Å²) in [4.78, 5) is 17.6. The topological polar surface area (TPSA) is 45.2 Å². The first kappa shape index (κ1) is 10.1. The Morgan fingerprint density at radius 3 is 2.87 bits per heavy atom. The molecule has 4 nitrogen and oxygen atoms in total. The van der Waals surface area contributed by atoms with Crippen LogP contribution in [0, 0.1) is 0 Å². The molecule has 1 aromatic rings. The van der Waals surface area contributed by atoms with Crippen molar-refractivity contribution >= 4 is 11.6 Å². The van der Waals surface area contributed by atoms with Gasteiger partial charge in [0.1, 0.15) is 0 Å². The van der Waals surface area contributed by atoms with Crippen molar-refractivity contribution in [1.29, 1.82) is 0 Å². The molecule has 0 saturated carbocycles. The summed E-state index contributed by atoms with van der Waals surface area (Å²) in [6.45, 7) is 0.945. The van der Waals surface area contributed by atoms with Crippen molar-refractivity contribution in [2.24, 2.45) is 0 Å². The van der Waals surface area contributed by atoms with Crippen LogP contribution in [0.15, 0.2) is 24.5 Å². The van der Waals surface area contributed by atoms with Crippen LogP contribution in [-0.2, 0) is 4.79 Å². The molecule has 1 aliphatic rings. The second-order valence-corrected chi connectivity index (χ2v) is 3.75. The van der Waals surface area contributed by atoms with Gasteiger partial charge in [0, 0.05) is 25.1 Å². The first-order chi connectivity index (χ1) is 7.29. The average Bonchev–Trinajstić information content (AvgIpc) is 2.82. The number of amides is 1. The van der Waals surface area contributed by atoms with E-state index >= 15 is 0 Å². The molecule has 1 aliphatic heterocycles. The van der Waals surface area contributed by atoms with Gasteiger partial charge in [0.25, 0.3) is 0 Å². The first-order valence-corrected chi connectivity index (χ1v) is 5.20. The minimum Gasteiger partial charge on any atom is -0.314 e. The summed E-state index contributed by atoms with van der Waals surface area (Å²) in [6.07, 6.45) is 5.41. The lowest BCUT2D eigenvalue weighted by Crippen LogP contribution is -2.41. The van der Waals surface area contributed by atoms with E-state index in [-0.39, 0.29) is 11.9 Å². The van der Waals surface area contributed by atoms with Gasteiger partial charge in [-0.05, 0) is 31.5 Å². The Hall–Kier alpha value is -1.42.